The summed E-state index contributed by atoms with van der Waals surface area (Å²) in [6.07, 6.45) is 0.736. The van der Waals surface area contributed by atoms with Gasteiger partial charge < -0.3 is 9.72 Å². The Kier molecular flexibility index (Phi) is 5.53. The first-order chi connectivity index (χ1) is 12.0. The number of rotatable bonds is 6. The van der Waals surface area contributed by atoms with Crippen LogP contribution in [0.1, 0.15) is 13.3 Å². The van der Waals surface area contributed by atoms with Crippen molar-refractivity contribution in [2.45, 2.75) is 24.3 Å². The molecule has 0 amide bonds. The van der Waals surface area contributed by atoms with Crippen molar-refractivity contribution in [1.82, 2.24) is 14.6 Å². The van der Waals surface area contributed by atoms with Gasteiger partial charge in [-0.05, 0) is 43.0 Å². The molecule has 0 bridgehead atoms. The van der Waals surface area contributed by atoms with Crippen molar-refractivity contribution in [2.75, 3.05) is 32.8 Å². The van der Waals surface area contributed by atoms with Gasteiger partial charge in [-0.15, -0.1) is 0 Å². The van der Waals surface area contributed by atoms with E-state index in [0.29, 0.717) is 23.5 Å². The fourth-order valence-electron chi connectivity index (χ4n) is 2.99. The first-order valence-electron chi connectivity index (χ1n) is 8.40. The molecule has 2 heterocycles. The van der Waals surface area contributed by atoms with Crippen molar-refractivity contribution in [2.24, 2.45) is 0 Å². The van der Waals surface area contributed by atoms with Gasteiger partial charge in [0, 0.05) is 37.3 Å². The highest BCUT2D eigenvalue weighted by atomic mass is 32.2. The van der Waals surface area contributed by atoms with Gasteiger partial charge in [0.15, 0.2) is 0 Å². The minimum absolute atomic E-state index is 0.200. The van der Waals surface area contributed by atoms with Gasteiger partial charge in [-0.2, -0.15) is 0 Å². The highest BCUT2D eigenvalue weighted by Crippen LogP contribution is 2.16. The van der Waals surface area contributed by atoms with Crippen molar-refractivity contribution in [1.29, 1.82) is 0 Å². The summed E-state index contributed by atoms with van der Waals surface area (Å²) in [5.74, 6) is 0. The summed E-state index contributed by atoms with van der Waals surface area (Å²) in [7, 11) is -3.57. The van der Waals surface area contributed by atoms with E-state index < -0.39 is 10.0 Å². The smallest absolute Gasteiger partial charge is 0.248 e. The van der Waals surface area contributed by atoms with Crippen LogP contribution < -0.4 is 10.3 Å². The van der Waals surface area contributed by atoms with Crippen LogP contribution in [0.5, 0.6) is 0 Å². The molecule has 0 aliphatic carbocycles. The number of hydrogen-bond donors (Lipinski definition) is 2. The summed E-state index contributed by atoms with van der Waals surface area (Å²) in [5.41, 5.74) is 0.408. The van der Waals surface area contributed by atoms with E-state index >= 15 is 0 Å². The molecule has 1 fully saturated rings. The van der Waals surface area contributed by atoms with Crippen molar-refractivity contribution in [3.05, 3.63) is 40.7 Å². The summed E-state index contributed by atoms with van der Waals surface area (Å²) < 4.78 is 33.0. The largest absolute Gasteiger partial charge is 0.379 e. The predicted molar refractivity (Wildman–Crippen MR) is 96.2 cm³/mol. The number of aromatic amines is 1. The van der Waals surface area contributed by atoms with E-state index in [1.165, 1.54) is 12.1 Å². The molecule has 1 aromatic carbocycles. The third kappa shape index (κ3) is 4.46. The topological polar surface area (TPSA) is 91.5 Å². The molecule has 3 rings (SSSR count). The zero-order valence-electron chi connectivity index (χ0n) is 14.2. The Hall–Kier alpha value is -1.74. The normalized spacial score (nSPS) is 17.6. The maximum Gasteiger partial charge on any atom is 0.248 e. The molecule has 136 valence electrons. The zero-order valence-corrected chi connectivity index (χ0v) is 15.0. The van der Waals surface area contributed by atoms with E-state index in [-0.39, 0.29) is 10.5 Å². The Balaban J connectivity index is 1.63. The van der Waals surface area contributed by atoms with E-state index in [1.807, 2.05) is 0 Å². The van der Waals surface area contributed by atoms with Gasteiger partial charge in [0.1, 0.15) is 0 Å². The molecule has 2 N–H and O–H groups in total. The number of aromatic nitrogens is 1. The molecule has 1 aromatic heterocycles. The molecule has 25 heavy (non-hydrogen) atoms. The van der Waals surface area contributed by atoms with Gasteiger partial charge in [-0.25, -0.2) is 13.1 Å². The number of morpholine rings is 1. The second-order valence-electron chi connectivity index (χ2n) is 6.26. The molecular formula is C17H23N3O4S. The number of benzene rings is 1. The fourth-order valence-corrected chi connectivity index (χ4v) is 4.07. The van der Waals surface area contributed by atoms with E-state index in [1.54, 1.807) is 18.2 Å². The number of nitrogens with one attached hydrogen (secondary N) is 2. The summed E-state index contributed by atoms with van der Waals surface area (Å²) in [5, 5.41) is 0.684. The molecule has 0 unspecified atom stereocenters. The summed E-state index contributed by atoms with van der Waals surface area (Å²) in [6.45, 7) is 5.72. The first kappa shape index (κ1) is 18.1. The quantitative estimate of drug-likeness (QED) is 0.794. The Bertz CT molecular complexity index is 888. The number of H-pyrrole nitrogens is 1. The van der Waals surface area contributed by atoms with Crippen molar-refractivity contribution >= 4 is 20.9 Å². The highest BCUT2D eigenvalue weighted by molar-refractivity contribution is 7.89. The maximum absolute atomic E-state index is 12.5. The average molecular weight is 365 g/mol. The van der Waals surface area contributed by atoms with Gasteiger partial charge in [-0.1, -0.05) is 0 Å². The number of sulfonamides is 1. The standard InChI is InChI=1S/C17H23N3O4S/c1-13(20-8-10-24-11-9-20)6-7-18-25(22,23)15-3-4-16-14(12-15)2-5-17(21)19-16/h2-5,12-13,18H,6-11H2,1H3,(H,19,21)/t13-/m0/s1. The zero-order chi connectivity index (χ0) is 17.9. The maximum atomic E-state index is 12.5. The molecule has 1 aliphatic heterocycles. The monoisotopic (exact) mass is 365 g/mol. The van der Waals surface area contributed by atoms with Gasteiger partial charge in [0.25, 0.3) is 0 Å². The molecule has 1 atom stereocenters. The van der Waals surface area contributed by atoms with Crippen LogP contribution in [0.3, 0.4) is 0 Å². The van der Waals surface area contributed by atoms with Crippen LogP contribution in [0.2, 0.25) is 0 Å². The van der Waals surface area contributed by atoms with Gasteiger partial charge >= 0.3 is 0 Å². The SMILES string of the molecule is C[C@@H](CCNS(=O)(=O)c1ccc2[nH]c(=O)ccc2c1)N1CCOCC1. The Labute approximate surface area is 147 Å². The molecule has 7 nitrogen and oxygen atoms in total. The highest BCUT2D eigenvalue weighted by Gasteiger charge is 2.19. The molecular weight excluding hydrogens is 342 g/mol. The minimum atomic E-state index is -3.57. The van der Waals surface area contributed by atoms with Crippen LogP contribution in [0.25, 0.3) is 10.9 Å². The number of nitrogens with zero attached hydrogens (tertiary/aromatic N) is 1. The third-order valence-electron chi connectivity index (χ3n) is 4.53. The van der Waals surface area contributed by atoms with Gasteiger partial charge in [0.2, 0.25) is 15.6 Å². The van der Waals surface area contributed by atoms with Crippen LogP contribution in [0.4, 0.5) is 0 Å². The van der Waals surface area contributed by atoms with Gasteiger partial charge in [-0.3, -0.25) is 9.69 Å². The molecule has 0 spiro atoms. The number of hydrogen-bond acceptors (Lipinski definition) is 5. The molecule has 1 saturated heterocycles. The first-order valence-corrected chi connectivity index (χ1v) is 9.88. The molecule has 1 aliphatic rings. The summed E-state index contributed by atoms with van der Waals surface area (Å²) >= 11 is 0. The fraction of sp³-hybridized carbons (Fsp3) is 0.471. The second kappa shape index (κ2) is 7.65. The second-order valence-corrected chi connectivity index (χ2v) is 8.02. The summed E-state index contributed by atoms with van der Waals surface area (Å²) in [4.78, 5) is 16.5. The van der Waals surface area contributed by atoms with Crippen LogP contribution in [0, 0.1) is 0 Å². The van der Waals surface area contributed by atoms with Crippen LogP contribution in [0.15, 0.2) is 40.0 Å². The Morgan fingerprint density at radius 1 is 1.24 bits per heavy atom. The van der Waals surface area contributed by atoms with Gasteiger partial charge in [0.05, 0.1) is 18.1 Å². The predicted octanol–water partition coefficient (Wildman–Crippen LogP) is 0.917. The summed E-state index contributed by atoms with van der Waals surface area (Å²) in [6, 6.07) is 7.99. The Morgan fingerprint density at radius 3 is 2.76 bits per heavy atom. The van der Waals surface area contributed by atoms with E-state index in [2.05, 4.69) is 21.5 Å². The third-order valence-corrected chi connectivity index (χ3v) is 5.99. The molecule has 2 aromatic rings. The lowest BCUT2D eigenvalue weighted by molar-refractivity contribution is 0.0190. The van der Waals surface area contributed by atoms with Crippen molar-refractivity contribution in [3.8, 4) is 0 Å². The van der Waals surface area contributed by atoms with Crippen LogP contribution >= 0.6 is 0 Å². The van der Waals surface area contributed by atoms with Crippen molar-refractivity contribution in [3.63, 3.8) is 0 Å². The van der Waals surface area contributed by atoms with E-state index in [4.69, 9.17) is 4.74 Å². The minimum Gasteiger partial charge on any atom is -0.379 e. The lowest BCUT2D eigenvalue weighted by atomic mass is 10.2. The Morgan fingerprint density at radius 2 is 2.00 bits per heavy atom. The van der Waals surface area contributed by atoms with Crippen LogP contribution in [-0.4, -0.2) is 57.2 Å². The number of ether oxygens (including phenoxy) is 1. The molecule has 0 saturated carbocycles. The number of pyridine rings is 1. The lowest BCUT2D eigenvalue weighted by Crippen LogP contribution is -2.43. The number of fused-ring (bicyclic) bond motifs is 1. The molecule has 0 radical (unpaired) electrons. The van der Waals surface area contributed by atoms with Crippen molar-refractivity contribution < 1.29 is 13.2 Å². The lowest BCUT2D eigenvalue weighted by Gasteiger charge is -2.32. The molecule has 8 heteroatoms. The van der Waals surface area contributed by atoms with E-state index in [9.17, 15) is 13.2 Å². The van der Waals surface area contributed by atoms with E-state index in [0.717, 1.165) is 32.7 Å². The average Bonchev–Trinajstić information content (AvgIpc) is 2.61. The van der Waals surface area contributed by atoms with Crippen LogP contribution in [-0.2, 0) is 14.8 Å².